The van der Waals surface area contributed by atoms with Crippen molar-refractivity contribution in [1.29, 1.82) is 0 Å². The predicted octanol–water partition coefficient (Wildman–Crippen LogP) is 2.09. The lowest BCUT2D eigenvalue weighted by Crippen LogP contribution is -2.67. The van der Waals surface area contributed by atoms with Gasteiger partial charge < -0.3 is 119 Å². The molecule has 0 radical (unpaired) electrons. The molecule has 9 rings (SSSR count). The van der Waals surface area contributed by atoms with Crippen LogP contribution in [0.25, 0.3) is 0 Å². The fraction of sp³-hybridized carbons (Fsp3) is 0.697. The highest BCUT2D eigenvalue weighted by atomic mass is 16.8. The summed E-state index contributed by atoms with van der Waals surface area (Å²) in [6, 6.07) is 25.9. The zero-order valence-corrected chi connectivity index (χ0v) is 52.5. The second-order valence-electron chi connectivity index (χ2n) is 24.9. The minimum Gasteiger partial charge on any atom is -0.394 e. The number of aliphatic hydroxyl groups excluding tert-OH is 6. The second-order valence-corrected chi connectivity index (χ2v) is 24.9. The standard InChI is InChI=1S/C66H97N3O21/c1-9-10-20-27-76-61-47(67)35(3)53(44(28-70)83-61)87-65-51(74)59(78-32-42-23-16-12-17-24-42)57(39(7)81-65)90-63-49(69)37(5)55(46(30-72)85-63)88-66-52(75)60(79-33-43-25-18-13-19-26-43)58(40(8)82-66)89-62-48(68)36(4)54(45(29-71)84-62)86-64-50(73)56(34(2)38(6)80-64)77-31-41-21-14-11-15-22-41/h1,11-19,21-26,34-40,44-66,70-75H,10,20,27-33,67-69H2,2-8H3/t34-,35-,36-,37-,38?,39?,40?,44?,45?,46?,47?,48?,49?,50?,51?,52?,53+,54+,55+,56-,57+,58+,59+,60+,61?,62+,63+,64+,65+,66+/m1/s1. The van der Waals surface area contributed by atoms with Gasteiger partial charge in [0.05, 0.1) is 107 Å². The Kier molecular flexibility index (Phi) is 25.9. The molecule has 6 aliphatic rings. The average molecular weight is 1270 g/mol. The third kappa shape index (κ3) is 16.7. The number of terminal acetylenes is 1. The van der Waals surface area contributed by atoms with Crippen LogP contribution < -0.4 is 17.2 Å². The molecule has 13 unspecified atom stereocenters. The minimum absolute atomic E-state index is 0.0465. The smallest absolute Gasteiger partial charge is 0.186 e. The maximum atomic E-state index is 12.4. The summed E-state index contributed by atoms with van der Waals surface area (Å²) in [4.78, 5) is 0. The molecule has 0 spiro atoms. The molecule has 0 aliphatic carbocycles. The van der Waals surface area contributed by atoms with Gasteiger partial charge in [0.25, 0.3) is 0 Å². The van der Waals surface area contributed by atoms with Crippen LogP contribution in [0.15, 0.2) is 91.0 Å². The van der Waals surface area contributed by atoms with Gasteiger partial charge in [-0.1, -0.05) is 119 Å². The largest absolute Gasteiger partial charge is 0.394 e. The number of nitrogens with two attached hydrogens (primary N) is 3. The first-order valence-electron chi connectivity index (χ1n) is 31.7. The van der Waals surface area contributed by atoms with E-state index in [-0.39, 0.29) is 31.8 Å². The van der Waals surface area contributed by atoms with E-state index in [4.69, 9.17) is 94.7 Å². The molecule has 502 valence electrons. The first-order valence-corrected chi connectivity index (χ1v) is 31.7. The van der Waals surface area contributed by atoms with Crippen LogP contribution in [0.5, 0.6) is 0 Å². The van der Waals surface area contributed by atoms with Crippen LogP contribution in [-0.2, 0) is 90.9 Å². The van der Waals surface area contributed by atoms with E-state index >= 15 is 0 Å². The van der Waals surface area contributed by atoms with Crippen molar-refractivity contribution in [3.05, 3.63) is 108 Å². The van der Waals surface area contributed by atoms with Crippen molar-refractivity contribution in [3.8, 4) is 12.3 Å². The van der Waals surface area contributed by atoms with Crippen LogP contribution in [-0.4, -0.2) is 217 Å². The summed E-state index contributed by atoms with van der Waals surface area (Å²) < 4.78 is 96.5. The summed E-state index contributed by atoms with van der Waals surface area (Å²) in [5, 5.41) is 68.8. The number of hydrogen-bond acceptors (Lipinski definition) is 24. The average Bonchev–Trinajstić information content (AvgIpc) is 0.822. The number of aliphatic hydroxyl groups is 6. The Morgan fingerprint density at radius 1 is 0.389 bits per heavy atom. The number of unbranched alkanes of at least 4 members (excludes halogenated alkanes) is 1. The van der Waals surface area contributed by atoms with Gasteiger partial charge in [-0.25, -0.2) is 0 Å². The number of hydrogen-bond donors (Lipinski definition) is 9. The van der Waals surface area contributed by atoms with Crippen molar-refractivity contribution in [2.75, 3.05) is 26.4 Å². The molecule has 24 nitrogen and oxygen atoms in total. The molecule has 0 bridgehead atoms. The second kappa shape index (κ2) is 33.1. The Bertz CT molecular complexity index is 2620. The van der Waals surface area contributed by atoms with Gasteiger partial charge in [-0.2, -0.15) is 0 Å². The maximum Gasteiger partial charge on any atom is 0.186 e. The third-order valence-corrected chi connectivity index (χ3v) is 18.7. The van der Waals surface area contributed by atoms with Gasteiger partial charge in [0, 0.05) is 30.1 Å². The van der Waals surface area contributed by atoms with Crippen LogP contribution in [0.1, 0.15) is 78.0 Å². The Balaban J connectivity index is 0.868. The van der Waals surface area contributed by atoms with Gasteiger partial charge in [-0.05, 0) is 43.9 Å². The lowest BCUT2D eigenvalue weighted by molar-refractivity contribution is -0.378. The molecule has 6 saturated heterocycles. The van der Waals surface area contributed by atoms with Crippen molar-refractivity contribution < 1.29 is 102 Å². The van der Waals surface area contributed by atoms with E-state index in [0.29, 0.717) is 19.4 Å². The number of benzene rings is 3. The molecule has 30 atom stereocenters. The zero-order valence-electron chi connectivity index (χ0n) is 52.5. The highest BCUT2D eigenvalue weighted by Crippen LogP contribution is 2.40. The predicted molar refractivity (Wildman–Crippen MR) is 322 cm³/mol. The Labute approximate surface area is 528 Å². The van der Waals surface area contributed by atoms with Gasteiger partial charge >= 0.3 is 0 Å². The summed E-state index contributed by atoms with van der Waals surface area (Å²) >= 11 is 0. The lowest BCUT2D eigenvalue weighted by Gasteiger charge is -2.51. The van der Waals surface area contributed by atoms with E-state index < -0.39 is 191 Å². The molecule has 6 fully saturated rings. The Morgan fingerprint density at radius 2 is 0.711 bits per heavy atom. The van der Waals surface area contributed by atoms with Crippen LogP contribution in [0, 0.1) is 36.0 Å². The van der Waals surface area contributed by atoms with E-state index in [2.05, 4.69) is 5.92 Å². The topological polar surface area (TPSA) is 338 Å². The minimum atomic E-state index is -1.54. The molecule has 6 heterocycles. The monoisotopic (exact) mass is 1270 g/mol. The molecular formula is C66H97N3O21. The molecule has 3 aromatic rings. The van der Waals surface area contributed by atoms with Gasteiger partial charge in [-0.3, -0.25) is 0 Å². The fourth-order valence-electron chi connectivity index (χ4n) is 12.8. The van der Waals surface area contributed by atoms with Gasteiger partial charge in [0.1, 0.15) is 61.0 Å². The van der Waals surface area contributed by atoms with E-state index in [9.17, 15) is 30.6 Å². The van der Waals surface area contributed by atoms with Crippen LogP contribution >= 0.6 is 0 Å². The van der Waals surface area contributed by atoms with Crippen molar-refractivity contribution in [1.82, 2.24) is 0 Å². The van der Waals surface area contributed by atoms with E-state index in [1.165, 1.54) is 0 Å². The lowest BCUT2D eigenvalue weighted by atomic mass is 9.88. The molecule has 3 aromatic carbocycles. The molecule has 0 saturated carbocycles. The molecule has 90 heavy (non-hydrogen) atoms. The Hall–Kier alpha value is -3.74. The first-order chi connectivity index (χ1) is 43.3. The van der Waals surface area contributed by atoms with Crippen molar-refractivity contribution >= 4 is 0 Å². The first kappa shape index (κ1) is 70.6. The Morgan fingerprint density at radius 3 is 1.08 bits per heavy atom. The van der Waals surface area contributed by atoms with Gasteiger partial charge in [0.15, 0.2) is 37.7 Å². The maximum absolute atomic E-state index is 12.4. The van der Waals surface area contributed by atoms with Crippen molar-refractivity contribution in [2.45, 2.75) is 241 Å². The van der Waals surface area contributed by atoms with Crippen molar-refractivity contribution in [3.63, 3.8) is 0 Å². The van der Waals surface area contributed by atoms with Crippen LogP contribution in [0.4, 0.5) is 0 Å². The summed E-state index contributed by atoms with van der Waals surface area (Å²) in [5.41, 5.74) is 23.2. The summed E-state index contributed by atoms with van der Waals surface area (Å²) in [6.45, 7) is 11.9. The highest BCUT2D eigenvalue weighted by Gasteiger charge is 2.56. The van der Waals surface area contributed by atoms with Crippen LogP contribution in [0.3, 0.4) is 0 Å². The van der Waals surface area contributed by atoms with E-state index in [0.717, 1.165) is 16.7 Å². The summed E-state index contributed by atoms with van der Waals surface area (Å²) in [5.74, 6) is 0.767. The zero-order chi connectivity index (χ0) is 64.3. The molecular weight excluding hydrogens is 1170 g/mol. The highest BCUT2D eigenvalue weighted by molar-refractivity contribution is 5.16. The summed E-state index contributed by atoms with van der Waals surface area (Å²) in [6.07, 6.45) is -17.5. The van der Waals surface area contributed by atoms with E-state index in [1.807, 2.05) is 119 Å². The molecule has 6 aliphatic heterocycles. The molecule has 0 amide bonds. The van der Waals surface area contributed by atoms with Crippen LogP contribution in [0.2, 0.25) is 0 Å². The number of ether oxygens (including phenoxy) is 15. The molecule has 12 N–H and O–H groups in total. The quantitative estimate of drug-likeness (QED) is 0.0410. The normalized spacial score (nSPS) is 42.5. The number of rotatable bonds is 26. The molecule has 24 heteroatoms. The molecule has 0 aromatic heterocycles. The third-order valence-electron chi connectivity index (χ3n) is 18.7. The SMILES string of the molecule is C#CCCCOC1OC(CO)[C@@H](O[C@@H]2OC(C)[C@H](O[C@@H]3OC(CO)[C@@H](O[C@@H]4OC(C)[C@H](O[C@@H]5OC(CO)[C@@H](O[C@@H]6OC(C)[C@@H](C)[C@@H](OCc7ccccc7)C6O)[C@H](C)C5N)[C@@H](OCc5ccccc5)C4O)[C@H](C)C3N)[C@@H](OCc3ccccc3)C2O)[C@H](C)C1N. The van der Waals surface area contributed by atoms with Gasteiger partial charge in [-0.15, -0.1) is 12.3 Å². The van der Waals surface area contributed by atoms with E-state index in [1.54, 1.807) is 20.8 Å². The van der Waals surface area contributed by atoms with Crippen molar-refractivity contribution in [2.24, 2.45) is 40.9 Å². The summed E-state index contributed by atoms with van der Waals surface area (Å²) in [7, 11) is 0. The van der Waals surface area contributed by atoms with Gasteiger partial charge in [0.2, 0.25) is 0 Å². The fourth-order valence-corrected chi connectivity index (χ4v) is 12.8.